The second-order valence-corrected chi connectivity index (χ2v) is 16.4. The fourth-order valence-corrected chi connectivity index (χ4v) is 10.5. The molecule has 12 heteroatoms. The average Bonchev–Trinajstić information content (AvgIpc) is 3.65. The molecule has 0 spiro atoms. The second kappa shape index (κ2) is 12.9. The Labute approximate surface area is 298 Å². The number of hydrogen-bond donors (Lipinski definition) is 4. The van der Waals surface area contributed by atoms with Crippen molar-refractivity contribution in [2.75, 3.05) is 13.6 Å². The van der Waals surface area contributed by atoms with Gasteiger partial charge in [-0.2, -0.15) is 0 Å². The molecule has 4 atom stereocenters. The number of carbonyl (C=O) groups is 6. The number of amides is 5. The van der Waals surface area contributed by atoms with Gasteiger partial charge in [0.1, 0.15) is 30.7 Å². The SMILES string of the molecule is CC(C)C[C@H](NC(=O)[C@@H](NC(=O)[C@H](C)NC(=O)[C@H](Cc1ccccc1)NC(=O)C12C3C4C5C3C1C5C42)C(C)C)C(=O)N(C)CC(=O)n1cccc1. The number of nitrogens with one attached hydrogen (secondary N) is 4. The molecule has 6 aliphatic carbocycles. The van der Waals surface area contributed by atoms with E-state index in [1.165, 1.54) is 16.5 Å². The minimum atomic E-state index is -1.01. The van der Waals surface area contributed by atoms with E-state index in [1.54, 1.807) is 45.3 Å². The summed E-state index contributed by atoms with van der Waals surface area (Å²) >= 11 is 0. The van der Waals surface area contributed by atoms with Crippen LogP contribution in [0, 0.1) is 58.7 Å². The zero-order chi connectivity index (χ0) is 36.5. The third-order valence-corrected chi connectivity index (χ3v) is 12.7. The van der Waals surface area contributed by atoms with E-state index < -0.39 is 47.8 Å². The molecule has 0 saturated heterocycles. The van der Waals surface area contributed by atoms with Gasteiger partial charge in [-0.05, 0) is 84.3 Å². The number of likely N-dealkylation sites (N-methyl/N-ethyl adjacent to an activating group) is 1. The first-order chi connectivity index (χ1) is 24.3. The molecule has 1 heterocycles. The first-order valence-corrected chi connectivity index (χ1v) is 18.4. The molecule has 1 aromatic heterocycles. The van der Waals surface area contributed by atoms with Crippen LogP contribution in [0.4, 0.5) is 0 Å². The van der Waals surface area contributed by atoms with Crippen LogP contribution in [-0.2, 0) is 30.4 Å². The van der Waals surface area contributed by atoms with Crippen LogP contribution in [0.5, 0.6) is 0 Å². The molecule has 0 bridgehead atoms. The smallest absolute Gasteiger partial charge is 0.250 e. The van der Waals surface area contributed by atoms with Crippen molar-refractivity contribution in [1.82, 2.24) is 30.7 Å². The highest BCUT2D eigenvalue weighted by molar-refractivity contribution is 5.98. The fourth-order valence-electron chi connectivity index (χ4n) is 10.5. The lowest BCUT2D eigenvalue weighted by molar-refractivity contribution is -0.596. The molecule has 272 valence electrons. The van der Waals surface area contributed by atoms with E-state index in [0.29, 0.717) is 24.2 Å². The first kappa shape index (κ1) is 34.9. The molecule has 0 unspecified atom stereocenters. The number of benzene rings is 1. The van der Waals surface area contributed by atoms with E-state index in [0.717, 1.165) is 29.2 Å². The molecule has 51 heavy (non-hydrogen) atoms. The first-order valence-electron chi connectivity index (χ1n) is 18.4. The molecule has 1 aromatic carbocycles. The molecular formula is C39H50N6O6. The molecule has 6 fully saturated rings. The number of nitrogens with zero attached hydrogens (tertiary/aromatic N) is 2. The summed E-state index contributed by atoms with van der Waals surface area (Å²) in [6, 6.07) is 9.15. The van der Waals surface area contributed by atoms with Gasteiger partial charge in [-0.1, -0.05) is 58.0 Å². The Hall–Kier alpha value is -4.48. The van der Waals surface area contributed by atoms with E-state index >= 15 is 0 Å². The van der Waals surface area contributed by atoms with Crippen molar-refractivity contribution in [2.24, 2.45) is 58.7 Å². The lowest BCUT2D eigenvalue weighted by Crippen LogP contribution is -3.07. The highest BCUT2D eigenvalue weighted by atomic mass is 16.2. The number of rotatable bonds is 16. The molecule has 2 aromatic rings. The van der Waals surface area contributed by atoms with Crippen LogP contribution >= 0.6 is 0 Å². The second-order valence-electron chi connectivity index (χ2n) is 16.4. The van der Waals surface area contributed by atoms with Gasteiger partial charge in [0.25, 0.3) is 0 Å². The average molecular weight is 699 g/mol. The molecule has 6 saturated carbocycles. The standard InChI is InChI=1S/C39H50N6O6/c1-19(2)16-24(37(50)44(6)18-25(46)45-14-10-11-15-45)41-36(49)33(20(3)4)43-34(47)21(5)40-35(48)23(17-22-12-8-7-9-13-22)42-38(51)39-30-27-26-28(30)32(39)29(26)31(27)39/h7-15,19-21,23-24,26-33H,16-18H2,1-6H3,(H,40,48)(H,41,49)(H,42,51)(H,43,47)/t21-,23-,24-,26?,27?,28?,29?,30?,31?,32?,33-,39?/m0/s1. The molecule has 12 nitrogen and oxygen atoms in total. The molecule has 8 rings (SSSR count). The summed E-state index contributed by atoms with van der Waals surface area (Å²) in [6.45, 7) is 8.80. The van der Waals surface area contributed by atoms with Crippen LogP contribution in [0.1, 0.15) is 51.4 Å². The van der Waals surface area contributed by atoms with Gasteiger partial charge in [0.2, 0.25) is 35.4 Å². The van der Waals surface area contributed by atoms with Crippen LogP contribution in [0.15, 0.2) is 54.9 Å². The Morgan fingerprint density at radius 3 is 1.90 bits per heavy atom. The summed E-state index contributed by atoms with van der Waals surface area (Å²) in [5.41, 5.74) is 0.623. The monoisotopic (exact) mass is 698 g/mol. The van der Waals surface area contributed by atoms with Gasteiger partial charge < -0.3 is 26.2 Å². The molecule has 6 aliphatic rings. The Balaban J connectivity index is 0.965. The quantitative estimate of drug-likeness (QED) is 0.210. The van der Waals surface area contributed by atoms with Crippen molar-refractivity contribution in [3.8, 4) is 0 Å². The van der Waals surface area contributed by atoms with Crippen molar-refractivity contribution in [3.63, 3.8) is 0 Å². The number of hydrogen-bond acceptors (Lipinski definition) is 6. The van der Waals surface area contributed by atoms with Gasteiger partial charge in [-0.25, -0.2) is 0 Å². The lowest BCUT2D eigenvalue weighted by atomic mass is 8.96. The topological polar surface area (TPSA) is 159 Å². The van der Waals surface area contributed by atoms with E-state index in [9.17, 15) is 28.8 Å². The van der Waals surface area contributed by atoms with Crippen LogP contribution in [0.25, 0.3) is 0 Å². The van der Waals surface area contributed by atoms with Crippen LogP contribution in [0.3, 0.4) is 0 Å². The molecule has 0 aliphatic heterocycles. The normalized spacial score (nSPS) is 30.4. The molecule has 5 amide bonds. The number of carbonyl (C=O) groups excluding carboxylic acids is 6. The van der Waals surface area contributed by atoms with Crippen LogP contribution in [0.2, 0.25) is 0 Å². The third-order valence-electron chi connectivity index (χ3n) is 12.7. The zero-order valence-electron chi connectivity index (χ0n) is 30.2. The predicted octanol–water partition coefficient (Wildman–Crippen LogP) is 1.86. The van der Waals surface area contributed by atoms with Crippen molar-refractivity contribution in [1.29, 1.82) is 0 Å². The minimum Gasteiger partial charge on any atom is -0.343 e. The largest absolute Gasteiger partial charge is 0.343 e. The summed E-state index contributed by atoms with van der Waals surface area (Å²) < 4.78 is 1.39. The maximum atomic E-state index is 13.7. The highest BCUT2D eigenvalue weighted by Gasteiger charge is 3.06. The summed E-state index contributed by atoms with van der Waals surface area (Å²) in [5.74, 6) is 1.96. The van der Waals surface area contributed by atoms with Gasteiger partial charge in [0, 0.05) is 25.9 Å². The lowest BCUT2D eigenvalue weighted by Gasteiger charge is -3.06. The van der Waals surface area contributed by atoms with Gasteiger partial charge in [0.05, 0.1) is 5.41 Å². The van der Waals surface area contributed by atoms with Crippen molar-refractivity contribution in [3.05, 3.63) is 60.4 Å². The maximum Gasteiger partial charge on any atom is 0.250 e. The van der Waals surface area contributed by atoms with Crippen molar-refractivity contribution >= 4 is 35.4 Å². The van der Waals surface area contributed by atoms with Crippen molar-refractivity contribution in [2.45, 2.75) is 71.6 Å². The van der Waals surface area contributed by atoms with Gasteiger partial charge in [0.15, 0.2) is 0 Å². The third kappa shape index (κ3) is 5.39. The van der Waals surface area contributed by atoms with Gasteiger partial charge >= 0.3 is 0 Å². The maximum absolute atomic E-state index is 13.7. The Morgan fingerprint density at radius 2 is 1.33 bits per heavy atom. The van der Waals surface area contributed by atoms with Gasteiger partial charge in [-0.15, -0.1) is 0 Å². The predicted molar refractivity (Wildman–Crippen MR) is 187 cm³/mol. The number of aromatic nitrogens is 1. The molecular weight excluding hydrogens is 648 g/mol. The Kier molecular flexibility index (Phi) is 8.86. The Bertz CT molecular complexity index is 1670. The van der Waals surface area contributed by atoms with Crippen LogP contribution < -0.4 is 21.3 Å². The fraction of sp³-hybridized carbons (Fsp3) is 0.590. The molecule has 0 radical (unpaired) electrons. The van der Waals surface area contributed by atoms with Crippen molar-refractivity contribution < 1.29 is 28.8 Å². The highest BCUT2D eigenvalue weighted by Crippen LogP contribution is 3.05. The summed E-state index contributed by atoms with van der Waals surface area (Å²) in [6.07, 6.45) is 3.83. The van der Waals surface area contributed by atoms with Crippen LogP contribution in [-0.4, -0.2) is 82.7 Å². The summed E-state index contributed by atoms with van der Waals surface area (Å²) in [7, 11) is 1.52. The minimum absolute atomic E-state index is 0.0145. The van der Waals surface area contributed by atoms with E-state index in [-0.39, 0.29) is 42.0 Å². The zero-order valence-corrected chi connectivity index (χ0v) is 30.2. The Morgan fingerprint density at radius 1 is 0.725 bits per heavy atom. The van der Waals surface area contributed by atoms with Gasteiger partial charge in [-0.3, -0.25) is 33.3 Å². The van der Waals surface area contributed by atoms with E-state index in [4.69, 9.17) is 0 Å². The molecule has 4 N–H and O–H groups in total. The summed E-state index contributed by atoms with van der Waals surface area (Å²) in [5, 5.41) is 11.5. The van der Waals surface area contributed by atoms with E-state index in [2.05, 4.69) is 21.3 Å². The van der Waals surface area contributed by atoms with E-state index in [1.807, 2.05) is 44.2 Å². The summed E-state index contributed by atoms with van der Waals surface area (Å²) in [4.78, 5) is 82.0.